The number of amides is 2. The molecule has 0 bridgehead atoms. The van der Waals surface area contributed by atoms with E-state index in [1.807, 2.05) is 48.7 Å². The van der Waals surface area contributed by atoms with E-state index in [0.717, 1.165) is 48.2 Å². The van der Waals surface area contributed by atoms with E-state index in [-0.39, 0.29) is 30.5 Å². The van der Waals surface area contributed by atoms with Crippen molar-refractivity contribution < 1.29 is 14.3 Å². The van der Waals surface area contributed by atoms with Crippen molar-refractivity contribution in [2.24, 2.45) is 12.5 Å². The molecule has 1 aliphatic carbocycles. The molecule has 2 N–H and O–H groups in total. The molecule has 240 valence electrons. The number of aryl methyl sites for hydroxylation is 1. The van der Waals surface area contributed by atoms with Gasteiger partial charge in [0.2, 0.25) is 5.91 Å². The van der Waals surface area contributed by atoms with Crippen molar-refractivity contribution in [3.05, 3.63) is 82.4 Å². The molecule has 2 aromatic carbocycles. The Labute approximate surface area is 268 Å². The molecule has 2 saturated heterocycles. The molecule has 1 saturated carbocycles. The second-order valence-corrected chi connectivity index (χ2v) is 13.4. The lowest BCUT2D eigenvalue weighted by molar-refractivity contribution is -0.151. The van der Waals surface area contributed by atoms with Gasteiger partial charge in [0.1, 0.15) is 17.6 Å². The number of carbonyl (C=O) groups excluding carboxylic acids is 2. The number of pyridine rings is 1. The van der Waals surface area contributed by atoms with Gasteiger partial charge in [0.25, 0.3) is 5.91 Å². The van der Waals surface area contributed by atoms with Gasteiger partial charge in [-0.15, -0.1) is 0 Å². The van der Waals surface area contributed by atoms with E-state index >= 15 is 0 Å². The third-order valence-corrected chi connectivity index (χ3v) is 10.9. The quantitative estimate of drug-likeness (QED) is 0.296. The van der Waals surface area contributed by atoms with Gasteiger partial charge in [-0.25, -0.2) is 9.78 Å². The average molecular weight is 623 g/mol. The molecule has 10 nitrogen and oxygen atoms in total. The van der Waals surface area contributed by atoms with Crippen molar-refractivity contribution in [2.75, 3.05) is 30.8 Å². The highest BCUT2D eigenvalue weighted by atomic mass is 16.5. The Morgan fingerprint density at radius 2 is 1.67 bits per heavy atom. The fraction of sp³-hybridized carbons (Fsp3) is 0.444. The van der Waals surface area contributed by atoms with E-state index in [0.29, 0.717) is 29.3 Å². The van der Waals surface area contributed by atoms with Gasteiger partial charge in [-0.1, -0.05) is 24.3 Å². The van der Waals surface area contributed by atoms with Crippen molar-refractivity contribution in [2.45, 2.75) is 69.9 Å². The van der Waals surface area contributed by atoms with Crippen LogP contribution in [0, 0.1) is 5.41 Å². The number of hydrogen-bond donors (Lipinski definition) is 1. The van der Waals surface area contributed by atoms with Crippen LogP contribution < -0.4 is 21.1 Å². The van der Waals surface area contributed by atoms with Crippen LogP contribution in [-0.4, -0.2) is 51.0 Å². The third kappa shape index (κ3) is 5.33. The number of methoxy groups -OCH3 is 1. The largest absolute Gasteiger partial charge is 0.497 e. The van der Waals surface area contributed by atoms with Gasteiger partial charge in [-0.3, -0.25) is 23.6 Å². The van der Waals surface area contributed by atoms with Crippen LogP contribution in [0.5, 0.6) is 5.75 Å². The van der Waals surface area contributed by atoms with E-state index in [1.165, 1.54) is 36.1 Å². The fourth-order valence-electron chi connectivity index (χ4n) is 8.06. The number of para-hydroxylation sites is 1. The van der Waals surface area contributed by atoms with Crippen LogP contribution in [0.3, 0.4) is 0 Å². The van der Waals surface area contributed by atoms with Gasteiger partial charge in [0.05, 0.1) is 30.4 Å². The second kappa shape index (κ2) is 12.0. The Kier molecular flexibility index (Phi) is 7.82. The number of aromatic nitrogens is 3. The number of rotatable bonds is 6. The molecule has 2 amide bonds. The number of nitrogens with zero attached hydrogens (tertiary/aromatic N) is 5. The Hall–Kier alpha value is -4.60. The maximum Gasteiger partial charge on any atom is 0.329 e. The molecular formula is C36H42N6O4. The number of ether oxygens (including phenoxy) is 1. The van der Waals surface area contributed by atoms with E-state index < -0.39 is 6.04 Å². The number of benzene rings is 2. The minimum atomic E-state index is -0.738. The van der Waals surface area contributed by atoms with Crippen LogP contribution in [0.25, 0.3) is 11.0 Å². The summed E-state index contributed by atoms with van der Waals surface area (Å²) in [6.45, 7) is 2.02. The zero-order valence-electron chi connectivity index (χ0n) is 26.7. The lowest BCUT2D eigenvalue weighted by Crippen LogP contribution is -2.47. The first-order chi connectivity index (χ1) is 22.3. The highest BCUT2D eigenvalue weighted by molar-refractivity contribution is 6.00. The number of hydrogen-bond acceptors (Lipinski definition) is 7. The third-order valence-electron chi connectivity index (χ3n) is 10.9. The van der Waals surface area contributed by atoms with E-state index in [2.05, 4.69) is 22.0 Å². The standard InChI is InChI=1S/C36H42N6O4/c1-39-33-28(40-20-18-36(19-21-40)16-14-25(15-17-36)26-8-12-31(37)38-22-26)4-3-5-29(33)42(35(39)45)30-11-13-32(43)41(34(30)44)23-24-6-9-27(46-2)10-7-24/h3-10,12,22,25,30H,11,13-21,23H2,1-2H3,(H2,37,38). The summed E-state index contributed by atoms with van der Waals surface area (Å²) in [7, 11) is 3.39. The zero-order valence-corrected chi connectivity index (χ0v) is 26.7. The Balaban J connectivity index is 1.09. The van der Waals surface area contributed by atoms with Crippen molar-refractivity contribution in [1.82, 2.24) is 19.0 Å². The smallest absolute Gasteiger partial charge is 0.329 e. The van der Waals surface area contributed by atoms with E-state index in [9.17, 15) is 14.4 Å². The minimum absolute atomic E-state index is 0.163. The molecule has 2 aromatic heterocycles. The molecule has 3 aliphatic rings. The second-order valence-electron chi connectivity index (χ2n) is 13.4. The normalized spacial score (nSPS) is 20.5. The van der Waals surface area contributed by atoms with Crippen LogP contribution in [0.2, 0.25) is 0 Å². The summed E-state index contributed by atoms with van der Waals surface area (Å²) >= 11 is 0. The van der Waals surface area contributed by atoms with E-state index in [1.54, 1.807) is 23.3 Å². The summed E-state index contributed by atoms with van der Waals surface area (Å²) in [5.41, 5.74) is 10.7. The number of nitrogens with two attached hydrogens (primary N) is 1. The lowest BCUT2D eigenvalue weighted by atomic mass is 9.64. The molecule has 2 aliphatic heterocycles. The Bertz CT molecular complexity index is 1810. The summed E-state index contributed by atoms with van der Waals surface area (Å²) in [6, 6.07) is 16.6. The summed E-state index contributed by atoms with van der Waals surface area (Å²) < 4.78 is 8.54. The molecule has 1 spiro atoms. The number of nitrogen functional groups attached to an aromatic ring is 1. The van der Waals surface area contributed by atoms with Crippen LogP contribution >= 0.6 is 0 Å². The lowest BCUT2D eigenvalue weighted by Gasteiger charge is -2.46. The number of carbonyl (C=O) groups is 2. The van der Waals surface area contributed by atoms with Crippen LogP contribution in [0.4, 0.5) is 11.5 Å². The topological polar surface area (TPSA) is 116 Å². The van der Waals surface area contributed by atoms with Gasteiger partial charge >= 0.3 is 5.69 Å². The zero-order chi connectivity index (χ0) is 32.0. The van der Waals surface area contributed by atoms with Crippen LogP contribution in [0.1, 0.15) is 74.5 Å². The predicted octanol–water partition coefficient (Wildman–Crippen LogP) is 5.16. The van der Waals surface area contributed by atoms with Crippen molar-refractivity contribution in [3.8, 4) is 5.75 Å². The molecule has 4 aromatic rings. The molecule has 4 heterocycles. The maximum absolute atomic E-state index is 13.8. The first kappa shape index (κ1) is 30.1. The molecule has 10 heteroatoms. The SMILES string of the molecule is COc1ccc(CN2C(=O)CCC(n3c(=O)n(C)c4c(N5CCC6(CCC(c7ccc(N)nc7)CC6)CC5)cccc43)C2=O)cc1. The molecule has 1 unspecified atom stereocenters. The molecule has 1 atom stereocenters. The average Bonchev–Trinajstić information content (AvgIpc) is 3.34. The minimum Gasteiger partial charge on any atom is -0.497 e. The number of fused-ring (bicyclic) bond motifs is 1. The number of imide groups is 1. The van der Waals surface area contributed by atoms with Crippen molar-refractivity contribution in [3.63, 3.8) is 0 Å². The van der Waals surface area contributed by atoms with Gasteiger partial charge in [0, 0.05) is 32.8 Å². The van der Waals surface area contributed by atoms with Crippen LogP contribution in [-0.2, 0) is 23.2 Å². The van der Waals surface area contributed by atoms with E-state index in [4.69, 9.17) is 10.5 Å². The summed E-state index contributed by atoms with van der Waals surface area (Å²) in [6.07, 6.45) is 9.46. The van der Waals surface area contributed by atoms with Crippen molar-refractivity contribution in [1.29, 1.82) is 0 Å². The highest BCUT2D eigenvalue weighted by Crippen LogP contribution is 2.49. The van der Waals surface area contributed by atoms with Gasteiger partial charge < -0.3 is 15.4 Å². The number of piperidine rings is 2. The number of anilines is 2. The molecule has 7 rings (SSSR count). The van der Waals surface area contributed by atoms with Gasteiger partial charge in [-0.2, -0.15) is 0 Å². The van der Waals surface area contributed by atoms with Gasteiger partial charge in [0.15, 0.2) is 0 Å². The molecular weight excluding hydrogens is 580 g/mol. The highest BCUT2D eigenvalue weighted by Gasteiger charge is 2.40. The summed E-state index contributed by atoms with van der Waals surface area (Å²) in [5, 5.41) is 0. The predicted molar refractivity (Wildman–Crippen MR) is 178 cm³/mol. The first-order valence-corrected chi connectivity index (χ1v) is 16.4. The monoisotopic (exact) mass is 622 g/mol. The summed E-state index contributed by atoms with van der Waals surface area (Å²) in [5.74, 6) is 1.27. The Morgan fingerprint density at radius 3 is 2.35 bits per heavy atom. The molecule has 0 radical (unpaired) electrons. The fourth-order valence-corrected chi connectivity index (χ4v) is 8.06. The summed E-state index contributed by atoms with van der Waals surface area (Å²) in [4.78, 5) is 48.6. The van der Waals surface area contributed by atoms with Crippen molar-refractivity contribution >= 4 is 34.4 Å². The van der Waals surface area contributed by atoms with Gasteiger partial charge in [-0.05, 0) is 97.7 Å². The molecule has 3 fully saturated rings. The molecule has 46 heavy (non-hydrogen) atoms. The van der Waals surface area contributed by atoms with Crippen LogP contribution in [0.15, 0.2) is 65.6 Å². The first-order valence-electron chi connectivity index (χ1n) is 16.4. The Morgan fingerprint density at radius 1 is 0.935 bits per heavy atom. The maximum atomic E-state index is 13.8. The number of imidazole rings is 1. The number of likely N-dealkylation sites (tertiary alicyclic amines) is 1.